The molecule has 4 rings (SSSR count). The van der Waals surface area contributed by atoms with Crippen LogP contribution in [0.4, 0.5) is 11.5 Å². The first-order valence-corrected chi connectivity index (χ1v) is 9.15. The molecule has 1 fully saturated rings. The van der Waals surface area contributed by atoms with Gasteiger partial charge >= 0.3 is 0 Å². The van der Waals surface area contributed by atoms with Gasteiger partial charge in [-0.2, -0.15) is 10.2 Å². The minimum Gasteiger partial charge on any atom is -0.355 e. The first-order valence-electron chi connectivity index (χ1n) is 8.28. The maximum atomic E-state index is 4.50. The van der Waals surface area contributed by atoms with E-state index in [1.807, 2.05) is 47.8 Å². The molecule has 0 bridgehead atoms. The van der Waals surface area contributed by atoms with Crippen LogP contribution in [-0.2, 0) is 14.1 Å². The second kappa shape index (κ2) is 6.39. The Kier molecular flexibility index (Phi) is 4.10. The Morgan fingerprint density at radius 2 is 2.04 bits per heavy atom. The van der Waals surface area contributed by atoms with Crippen LogP contribution in [0.15, 0.2) is 36.7 Å². The normalized spacial score (nSPS) is 16.0. The van der Waals surface area contributed by atoms with E-state index in [1.165, 1.54) is 5.39 Å². The van der Waals surface area contributed by atoms with Gasteiger partial charge in [-0.05, 0) is 30.9 Å². The molecule has 0 radical (unpaired) electrons. The third-order valence-electron chi connectivity index (χ3n) is 4.56. The van der Waals surface area contributed by atoms with Crippen molar-refractivity contribution >= 4 is 34.4 Å². The van der Waals surface area contributed by atoms with Gasteiger partial charge in [0, 0.05) is 51.5 Å². The van der Waals surface area contributed by atoms with Crippen molar-refractivity contribution in [2.75, 3.05) is 22.7 Å². The Balaban J connectivity index is 0.00000182. The lowest BCUT2D eigenvalue weighted by Crippen LogP contribution is -2.35. The molecule has 0 saturated carbocycles. The standard InChI is InChI=1S/C17H22N6S.H2/c1-21-9-8-16(19-21)23-10-6-14(7-11-23)24-20-15-5-3-4-13-12-18-22(2)17(13)15;/h3-5,8-9,12,14,20H,6-7,10-11H2,1-2H3;1H. The maximum Gasteiger partial charge on any atom is 0.150 e. The Labute approximate surface area is 147 Å². The first kappa shape index (κ1) is 15.4. The third kappa shape index (κ3) is 2.96. The predicted molar refractivity (Wildman–Crippen MR) is 102 cm³/mol. The summed E-state index contributed by atoms with van der Waals surface area (Å²) in [7, 11) is 3.96. The van der Waals surface area contributed by atoms with E-state index in [9.17, 15) is 0 Å². The zero-order valence-corrected chi connectivity index (χ0v) is 14.8. The van der Waals surface area contributed by atoms with Crippen LogP contribution >= 0.6 is 11.9 Å². The summed E-state index contributed by atoms with van der Waals surface area (Å²) < 4.78 is 7.36. The average Bonchev–Trinajstić information content (AvgIpc) is 3.20. The quantitative estimate of drug-likeness (QED) is 0.736. The number of hydrogen-bond acceptors (Lipinski definition) is 5. The lowest BCUT2D eigenvalue weighted by Gasteiger charge is -2.31. The largest absolute Gasteiger partial charge is 0.355 e. The molecule has 3 heterocycles. The van der Waals surface area contributed by atoms with Crippen LogP contribution in [-0.4, -0.2) is 37.9 Å². The second-order valence-electron chi connectivity index (χ2n) is 6.27. The van der Waals surface area contributed by atoms with Gasteiger partial charge in [0.05, 0.1) is 17.4 Å². The van der Waals surface area contributed by atoms with E-state index in [0.717, 1.165) is 43.0 Å². The number of aromatic nitrogens is 4. The molecule has 1 aromatic carbocycles. The monoisotopic (exact) mass is 344 g/mol. The van der Waals surface area contributed by atoms with E-state index in [1.54, 1.807) is 0 Å². The minimum atomic E-state index is 0. The Morgan fingerprint density at radius 3 is 2.79 bits per heavy atom. The number of aryl methyl sites for hydroxylation is 2. The molecule has 6 nitrogen and oxygen atoms in total. The summed E-state index contributed by atoms with van der Waals surface area (Å²) in [6, 6.07) is 8.40. The molecule has 3 aromatic rings. The molecule has 128 valence electrons. The van der Waals surface area contributed by atoms with Gasteiger partial charge in [0.15, 0.2) is 5.82 Å². The molecule has 0 spiro atoms. The summed E-state index contributed by atoms with van der Waals surface area (Å²) in [4.78, 5) is 2.37. The fourth-order valence-corrected chi connectivity index (χ4v) is 4.14. The first-order chi connectivity index (χ1) is 11.7. The van der Waals surface area contributed by atoms with Crippen LogP contribution in [0.1, 0.15) is 14.3 Å². The molecular formula is C17H24N6S. The Bertz CT molecular complexity index is 837. The van der Waals surface area contributed by atoms with Crippen LogP contribution in [0.25, 0.3) is 10.9 Å². The number of rotatable bonds is 4. The molecule has 7 heteroatoms. The highest BCUT2D eigenvalue weighted by atomic mass is 32.2. The molecule has 0 aliphatic carbocycles. The highest BCUT2D eigenvalue weighted by Gasteiger charge is 2.21. The third-order valence-corrected chi connectivity index (χ3v) is 5.70. The minimum absolute atomic E-state index is 0. The van der Waals surface area contributed by atoms with Crippen LogP contribution in [0.5, 0.6) is 0 Å². The molecule has 1 aliphatic rings. The zero-order valence-electron chi connectivity index (χ0n) is 14.0. The van der Waals surface area contributed by atoms with E-state index in [-0.39, 0.29) is 1.43 Å². The lowest BCUT2D eigenvalue weighted by atomic mass is 10.1. The van der Waals surface area contributed by atoms with Crippen molar-refractivity contribution in [2.24, 2.45) is 14.1 Å². The number of nitrogens with one attached hydrogen (secondary N) is 1. The molecular weight excluding hydrogens is 320 g/mol. The van der Waals surface area contributed by atoms with Crippen molar-refractivity contribution in [2.45, 2.75) is 18.1 Å². The average molecular weight is 344 g/mol. The van der Waals surface area contributed by atoms with Crippen molar-refractivity contribution in [1.29, 1.82) is 0 Å². The summed E-state index contributed by atoms with van der Waals surface area (Å²) in [5.41, 5.74) is 2.31. The highest BCUT2D eigenvalue weighted by molar-refractivity contribution is 8.01. The van der Waals surface area contributed by atoms with Gasteiger partial charge < -0.3 is 9.62 Å². The van der Waals surface area contributed by atoms with E-state index >= 15 is 0 Å². The van der Waals surface area contributed by atoms with Gasteiger partial charge in [-0.25, -0.2) is 0 Å². The molecule has 0 amide bonds. The van der Waals surface area contributed by atoms with Gasteiger partial charge in [-0.15, -0.1) is 0 Å². The SMILES string of the molecule is Cn1ccc(N2CCC(SNc3cccc4cnn(C)c34)CC2)n1.[HH]. The molecule has 1 aliphatic heterocycles. The van der Waals surface area contributed by atoms with Crippen molar-refractivity contribution in [1.82, 2.24) is 19.6 Å². The summed E-state index contributed by atoms with van der Waals surface area (Å²) in [5.74, 6) is 1.09. The van der Waals surface area contributed by atoms with Gasteiger partial charge in [-0.3, -0.25) is 9.36 Å². The van der Waals surface area contributed by atoms with E-state index in [0.29, 0.717) is 5.25 Å². The topological polar surface area (TPSA) is 50.9 Å². The van der Waals surface area contributed by atoms with Crippen molar-refractivity contribution in [3.05, 3.63) is 36.7 Å². The smallest absolute Gasteiger partial charge is 0.150 e. The number of para-hydroxylation sites is 1. The van der Waals surface area contributed by atoms with Crippen LogP contribution in [0.3, 0.4) is 0 Å². The van der Waals surface area contributed by atoms with E-state index in [2.05, 4.69) is 44.1 Å². The number of hydrogen-bond donors (Lipinski definition) is 1. The molecule has 2 aromatic heterocycles. The molecule has 0 atom stereocenters. The zero-order chi connectivity index (χ0) is 16.5. The number of fused-ring (bicyclic) bond motifs is 1. The molecule has 0 unspecified atom stereocenters. The second-order valence-corrected chi connectivity index (χ2v) is 7.37. The molecule has 1 saturated heterocycles. The molecule has 24 heavy (non-hydrogen) atoms. The van der Waals surface area contributed by atoms with Gasteiger partial charge in [0.2, 0.25) is 0 Å². The summed E-state index contributed by atoms with van der Waals surface area (Å²) in [6.45, 7) is 2.12. The van der Waals surface area contributed by atoms with Gasteiger partial charge in [0.25, 0.3) is 0 Å². The van der Waals surface area contributed by atoms with Crippen molar-refractivity contribution < 1.29 is 1.43 Å². The van der Waals surface area contributed by atoms with Crippen LogP contribution in [0.2, 0.25) is 0 Å². The Hall–Kier alpha value is -2.15. The number of piperidine rings is 1. The van der Waals surface area contributed by atoms with E-state index in [4.69, 9.17) is 0 Å². The Morgan fingerprint density at radius 1 is 1.21 bits per heavy atom. The van der Waals surface area contributed by atoms with Crippen LogP contribution in [0, 0.1) is 0 Å². The highest BCUT2D eigenvalue weighted by Crippen LogP contribution is 2.30. The van der Waals surface area contributed by atoms with Crippen molar-refractivity contribution in [3.8, 4) is 0 Å². The lowest BCUT2D eigenvalue weighted by molar-refractivity contribution is 0.582. The number of anilines is 2. The molecule has 1 N–H and O–H groups in total. The van der Waals surface area contributed by atoms with E-state index < -0.39 is 0 Å². The maximum absolute atomic E-state index is 4.50. The fraction of sp³-hybridized carbons (Fsp3) is 0.412. The van der Waals surface area contributed by atoms with Gasteiger partial charge in [0.1, 0.15) is 0 Å². The summed E-state index contributed by atoms with van der Waals surface area (Å²) >= 11 is 1.84. The van der Waals surface area contributed by atoms with Gasteiger partial charge in [-0.1, -0.05) is 12.1 Å². The van der Waals surface area contributed by atoms with Crippen LogP contribution < -0.4 is 9.62 Å². The number of nitrogens with zero attached hydrogens (tertiary/aromatic N) is 5. The summed E-state index contributed by atoms with van der Waals surface area (Å²) in [5, 5.41) is 10.6. The van der Waals surface area contributed by atoms with Crippen molar-refractivity contribution in [3.63, 3.8) is 0 Å². The number of benzene rings is 1. The fourth-order valence-electron chi connectivity index (χ4n) is 3.24. The predicted octanol–water partition coefficient (Wildman–Crippen LogP) is 3.28. The summed E-state index contributed by atoms with van der Waals surface area (Å²) in [6.07, 6.45) is 6.24.